The lowest BCUT2D eigenvalue weighted by molar-refractivity contribution is 0.483. The first-order valence-corrected chi connectivity index (χ1v) is 8.90. The van der Waals surface area contributed by atoms with Crippen molar-refractivity contribution in [3.8, 4) is 17.2 Å². The number of aryl methyl sites for hydroxylation is 1. The first-order chi connectivity index (χ1) is 13.3. The smallest absolute Gasteiger partial charge is 0.127 e. The summed E-state index contributed by atoms with van der Waals surface area (Å²) in [4.78, 5) is 4.62. The molecule has 0 aliphatic carbocycles. The number of hydrogen-bond donors (Lipinski definition) is 0. The van der Waals surface area contributed by atoms with Gasteiger partial charge in [0.15, 0.2) is 0 Å². The van der Waals surface area contributed by atoms with Gasteiger partial charge in [0, 0.05) is 11.4 Å². The normalized spacial score (nSPS) is 11.0. The van der Waals surface area contributed by atoms with Crippen LogP contribution in [0.3, 0.4) is 0 Å². The van der Waals surface area contributed by atoms with Crippen LogP contribution >= 0.6 is 0 Å². The van der Waals surface area contributed by atoms with E-state index in [1.165, 1.54) is 5.69 Å². The molecule has 3 heteroatoms. The van der Waals surface area contributed by atoms with E-state index in [0.717, 1.165) is 28.6 Å². The molecule has 132 valence electrons. The highest BCUT2D eigenvalue weighted by Gasteiger charge is 2.05. The molecular formula is C24H20N2O. The van der Waals surface area contributed by atoms with E-state index in [-0.39, 0.29) is 0 Å². The van der Waals surface area contributed by atoms with Gasteiger partial charge in [-0.2, -0.15) is 0 Å². The van der Waals surface area contributed by atoms with Gasteiger partial charge in [0.05, 0.1) is 17.6 Å². The topological polar surface area (TPSA) is 26.5 Å². The zero-order valence-electron chi connectivity index (χ0n) is 15.1. The second kappa shape index (κ2) is 7.75. The second-order valence-corrected chi connectivity index (χ2v) is 6.24. The maximum Gasteiger partial charge on any atom is 0.127 e. The summed E-state index contributed by atoms with van der Waals surface area (Å²) in [5, 5.41) is 0. The van der Waals surface area contributed by atoms with Crippen molar-refractivity contribution in [2.45, 2.75) is 6.92 Å². The van der Waals surface area contributed by atoms with Gasteiger partial charge in [-0.05, 0) is 67.6 Å². The average Bonchev–Trinajstić information content (AvgIpc) is 3.09. The molecule has 3 aromatic carbocycles. The van der Waals surface area contributed by atoms with E-state index in [0.29, 0.717) is 0 Å². The molecule has 0 fully saturated rings. The monoisotopic (exact) mass is 352 g/mol. The summed E-state index contributed by atoms with van der Waals surface area (Å²) < 4.78 is 8.01. The van der Waals surface area contributed by atoms with E-state index in [4.69, 9.17) is 4.74 Å². The van der Waals surface area contributed by atoms with E-state index in [9.17, 15) is 0 Å². The first kappa shape index (κ1) is 16.9. The van der Waals surface area contributed by atoms with Gasteiger partial charge in [0.25, 0.3) is 0 Å². The number of aromatic nitrogens is 1. The highest BCUT2D eigenvalue weighted by Crippen LogP contribution is 2.24. The molecule has 0 aliphatic rings. The second-order valence-electron chi connectivity index (χ2n) is 6.24. The van der Waals surface area contributed by atoms with Crippen molar-refractivity contribution >= 4 is 11.9 Å². The minimum absolute atomic E-state index is 0.795. The molecular weight excluding hydrogens is 332 g/mol. The molecule has 1 heterocycles. The molecule has 0 spiro atoms. The lowest BCUT2D eigenvalue weighted by atomic mass is 10.3. The van der Waals surface area contributed by atoms with Gasteiger partial charge in [-0.3, -0.25) is 4.99 Å². The number of aliphatic imine (C=N–C) groups is 1. The summed E-state index contributed by atoms with van der Waals surface area (Å²) in [5.41, 5.74) is 4.24. The molecule has 3 nitrogen and oxygen atoms in total. The molecule has 4 rings (SSSR count). The Balaban J connectivity index is 1.52. The van der Waals surface area contributed by atoms with Crippen molar-refractivity contribution in [1.82, 2.24) is 4.57 Å². The summed E-state index contributed by atoms with van der Waals surface area (Å²) in [6, 6.07) is 32.0. The van der Waals surface area contributed by atoms with Crippen molar-refractivity contribution in [2.75, 3.05) is 0 Å². The molecule has 0 aliphatic heterocycles. The van der Waals surface area contributed by atoms with Crippen LogP contribution in [0.15, 0.2) is 102 Å². The molecule has 0 unspecified atom stereocenters. The Morgan fingerprint density at radius 2 is 1.33 bits per heavy atom. The van der Waals surface area contributed by atoms with E-state index < -0.39 is 0 Å². The fourth-order valence-corrected chi connectivity index (χ4v) is 2.95. The van der Waals surface area contributed by atoms with Gasteiger partial charge in [-0.25, -0.2) is 0 Å². The van der Waals surface area contributed by atoms with Crippen molar-refractivity contribution < 1.29 is 4.74 Å². The highest BCUT2D eigenvalue weighted by molar-refractivity contribution is 5.81. The molecule has 0 bridgehead atoms. The molecule has 4 aromatic rings. The van der Waals surface area contributed by atoms with Crippen molar-refractivity contribution in [2.24, 2.45) is 4.99 Å². The van der Waals surface area contributed by atoms with Crippen LogP contribution in [0.5, 0.6) is 11.5 Å². The zero-order valence-corrected chi connectivity index (χ0v) is 15.1. The summed E-state index contributed by atoms with van der Waals surface area (Å²) in [6.07, 6.45) is 1.90. The summed E-state index contributed by atoms with van der Waals surface area (Å²) in [7, 11) is 0. The van der Waals surface area contributed by atoms with Crippen LogP contribution in [-0.2, 0) is 0 Å². The SMILES string of the molecule is Cc1ccc(C=Nc2ccc(Oc3ccccc3)cc2)n1-c1ccccc1. The number of hydrogen-bond acceptors (Lipinski definition) is 2. The quantitative estimate of drug-likeness (QED) is 0.386. The van der Waals surface area contributed by atoms with E-state index in [1.807, 2.05) is 79.0 Å². The van der Waals surface area contributed by atoms with E-state index >= 15 is 0 Å². The molecule has 0 saturated heterocycles. The maximum atomic E-state index is 5.82. The Hall–Kier alpha value is -3.59. The number of benzene rings is 3. The number of nitrogens with zero attached hydrogens (tertiary/aromatic N) is 2. The van der Waals surface area contributed by atoms with Gasteiger partial charge in [-0.15, -0.1) is 0 Å². The van der Waals surface area contributed by atoms with E-state index in [2.05, 4.69) is 40.7 Å². The zero-order chi connectivity index (χ0) is 18.5. The third-order valence-electron chi connectivity index (χ3n) is 4.28. The fraction of sp³-hybridized carbons (Fsp3) is 0.0417. The van der Waals surface area contributed by atoms with Crippen LogP contribution < -0.4 is 4.74 Å². The Bertz CT molecular complexity index is 1030. The maximum absolute atomic E-state index is 5.82. The Morgan fingerprint density at radius 3 is 2.04 bits per heavy atom. The first-order valence-electron chi connectivity index (χ1n) is 8.90. The van der Waals surface area contributed by atoms with E-state index in [1.54, 1.807) is 0 Å². The summed E-state index contributed by atoms with van der Waals surface area (Å²) in [5.74, 6) is 1.62. The minimum Gasteiger partial charge on any atom is -0.457 e. The van der Waals surface area contributed by atoms with Crippen LogP contribution in [0.25, 0.3) is 5.69 Å². The lowest BCUT2D eigenvalue weighted by Gasteiger charge is -2.09. The van der Waals surface area contributed by atoms with Crippen molar-refractivity contribution in [3.63, 3.8) is 0 Å². The van der Waals surface area contributed by atoms with Crippen LogP contribution in [0.4, 0.5) is 5.69 Å². The lowest BCUT2D eigenvalue weighted by Crippen LogP contribution is -2.00. The fourth-order valence-electron chi connectivity index (χ4n) is 2.95. The Morgan fingerprint density at radius 1 is 0.704 bits per heavy atom. The third kappa shape index (κ3) is 3.98. The van der Waals surface area contributed by atoms with Crippen molar-refractivity contribution in [3.05, 3.63) is 108 Å². The van der Waals surface area contributed by atoms with Crippen LogP contribution in [-0.4, -0.2) is 10.8 Å². The molecule has 0 saturated carbocycles. The van der Waals surface area contributed by atoms with Crippen LogP contribution in [0, 0.1) is 6.92 Å². The minimum atomic E-state index is 0.795. The molecule has 0 amide bonds. The molecule has 0 N–H and O–H groups in total. The van der Waals surface area contributed by atoms with Crippen molar-refractivity contribution in [1.29, 1.82) is 0 Å². The average molecular weight is 352 g/mol. The highest BCUT2D eigenvalue weighted by atomic mass is 16.5. The Labute approximate surface area is 159 Å². The predicted molar refractivity (Wildman–Crippen MR) is 111 cm³/mol. The standard InChI is InChI=1S/C24H20N2O/c1-19-12-15-22(26(19)21-8-4-2-5-9-21)18-25-20-13-16-24(17-14-20)27-23-10-6-3-7-11-23/h2-18H,1H3. The van der Waals surface area contributed by atoms with Gasteiger partial charge >= 0.3 is 0 Å². The summed E-state index contributed by atoms with van der Waals surface area (Å²) >= 11 is 0. The van der Waals surface area contributed by atoms with Crippen LogP contribution in [0.2, 0.25) is 0 Å². The van der Waals surface area contributed by atoms with Gasteiger partial charge in [-0.1, -0.05) is 36.4 Å². The number of rotatable bonds is 5. The number of para-hydroxylation sites is 2. The Kier molecular flexibility index (Phi) is 4.84. The molecule has 0 radical (unpaired) electrons. The largest absolute Gasteiger partial charge is 0.457 e. The third-order valence-corrected chi connectivity index (χ3v) is 4.28. The molecule has 0 atom stereocenters. The van der Waals surface area contributed by atoms with Gasteiger partial charge < -0.3 is 9.30 Å². The van der Waals surface area contributed by atoms with Gasteiger partial charge in [0.2, 0.25) is 0 Å². The predicted octanol–water partition coefficient (Wildman–Crippen LogP) is 6.33. The molecule has 27 heavy (non-hydrogen) atoms. The summed E-state index contributed by atoms with van der Waals surface area (Å²) in [6.45, 7) is 2.10. The molecule has 1 aromatic heterocycles. The van der Waals surface area contributed by atoms with Gasteiger partial charge in [0.1, 0.15) is 11.5 Å². The number of ether oxygens (including phenoxy) is 1. The van der Waals surface area contributed by atoms with Crippen LogP contribution in [0.1, 0.15) is 11.4 Å².